The van der Waals surface area contributed by atoms with Crippen molar-refractivity contribution in [2.24, 2.45) is 5.73 Å². The van der Waals surface area contributed by atoms with Crippen molar-refractivity contribution < 1.29 is 4.79 Å². The van der Waals surface area contributed by atoms with Crippen molar-refractivity contribution in [1.29, 1.82) is 0 Å². The molecule has 1 aliphatic heterocycles. The molecule has 0 aromatic heterocycles. The first-order chi connectivity index (χ1) is 7.58. The zero-order chi connectivity index (χ0) is 11.7. The molecular formula is C12H15ClN2O. The minimum absolute atomic E-state index is 0.216. The number of hydrogen-bond donors (Lipinski definition) is 1. The SMILES string of the molecule is C[C@@H](C(N)=O)N1CCc2ccc(Cl)cc2C1. The molecule has 0 saturated heterocycles. The lowest BCUT2D eigenvalue weighted by Gasteiger charge is -2.32. The summed E-state index contributed by atoms with van der Waals surface area (Å²) in [6.45, 7) is 3.47. The molecule has 86 valence electrons. The number of halogens is 1. The Labute approximate surface area is 100 Å². The van der Waals surface area contributed by atoms with Crippen LogP contribution < -0.4 is 5.73 Å². The number of amides is 1. The van der Waals surface area contributed by atoms with Gasteiger partial charge in [-0.3, -0.25) is 9.69 Å². The highest BCUT2D eigenvalue weighted by atomic mass is 35.5. The molecule has 0 aliphatic carbocycles. The van der Waals surface area contributed by atoms with Crippen LogP contribution in [0, 0.1) is 0 Å². The highest BCUT2D eigenvalue weighted by molar-refractivity contribution is 6.30. The molecule has 1 atom stereocenters. The molecule has 2 N–H and O–H groups in total. The molecule has 1 heterocycles. The van der Waals surface area contributed by atoms with Crippen LogP contribution in [0.1, 0.15) is 18.1 Å². The van der Waals surface area contributed by atoms with Gasteiger partial charge < -0.3 is 5.73 Å². The topological polar surface area (TPSA) is 46.3 Å². The Kier molecular flexibility index (Phi) is 3.17. The molecule has 0 unspecified atom stereocenters. The van der Waals surface area contributed by atoms with E-state index in [9.17, 15) is 4.79 Å². The second-order valence-corrected chi connectivity index (χ2v) is 4.65. The molecule has 1 aromatic carbocycles. The van der Waals surface area contributed by atoms with Gasteiger partial charge >= 0.3 is 0 Å². The zero-order valence-corrected chi connectivity index (χ0v) is 10.00. The number of carbonyl (C=O) groups is 1. The molecule has 0 spiro atoms. The van der Waals surface area contributed by atoms with E-state index in [1.54, 1.807) is 0 Å². The van der Waals surface area contributed by atoms with Crippen molar-refractivity contribution >= 4 is 17.5 Å². The second kappa shape index (κ2) is 4.44. The van der Waals surface area contributed by atoms with Crippen LogP contribution in [0.5, 0.6) is 0 Å². The fourth-order valence-corrected chi connectivity index (χ4v) is 2.25. The fourth-order valence-electron chi connectivity index (χ4n) is 2.06. The number of rotatable bonds is 2. The number of hydrogen-bond acceptors (Lipinski definition) is 2. The van der Waals surface area contributed by atoms with Crippen LogP contribution in [0.4, 0.5) is 0 Å². The number of benzene rings is 1. The number of primary amides is 1. The summed E-state index contributed by atoms with van der Waals surface area (Å²) in [6, 6.07) is 5.72. The third-order valence-electron chi connectivity index (χ3n) is 3.17. The smallest absolute Gasteiger partial charge is 0.234 e. The summed E-state index contributed by atoms with van der Waals surface area (Å²) in [5.41, 5.74) is 7.83. The van der Waals surface area contributed by atoms with Crippen LogP contribution in [0.25, 0.3) is 0 Å². The van der Waals surface area contributed by atoms with Gasteiger partial charge in [-0.15, -0.1) is 0 Å². The van der Waals surface area contributed by atoms with Crippen LogP contribution in [0.15, 0.2) is 18.2 Å². The van der Waals surface area contributed by atoms with Crippen LogP contribution in [-0.4, -0.2) is 23.4 Å². The number of carbonyl (C=O) groups excluding carboxylic acids is 1. The molecule has 1 amide bonds. The van der Waals surface area contributed by atoms with Crippen molar-refractivity contribution in [1.82, 2.24) is 4.90 Å². The number of nitrogens with two attached hydrogens (primary N) is 1. The molecular weight excluding hydrogens is 224 g/mol. The van der Waals surface area contributed by atoms with Crippen LogP contribution >= 0.6 is 11.6 Å². The van der Waals surface area contributed by atoms with Crippen molar-refractivity contribution in [3.63, 3.8) is 0 Å². The van der Waals surface area contributed by atoms with E-state index in [0.717, 1.165) is 24.5 Å². The first kappa shape index (κ1) is 11.4. The highest BCUT2D eigenvalue weighted by Crippen LogP contribution is 2.23. The van der Waals surface area contributed by atoms with E-state index in [0.29, 0.717) is 0 Å². The number of fused-ring (bicyclic) bond motifs is 1. The molecule has 0 fully saturated rings. The predicted molar refractivity (Wildman–Crippen MR) is 64.2 cm³/mol. The summed E-state index contributed by atoms with van der Waals surface area (Å²) in [6.07, 6.45) is 0.949. The Hall–Kier alpha value is -1.06. The van der Waals surface area contributed by atoms with Gasteiger partial charge in [0.15, 0.2) is 0 Å². The maximum atomic E-state index is 11.1. The van der Waals surface area contributed by atoms with Gasteiger partial charge in [-0.1, -0.05) is 17.7 Å². The Morgan fingerprint density at radius 1 is 1.50 bits per heavy atom. The summed E-state index contributed by atoms with van der Waals surface area (Å²) < 4.78 is 0. The first-order valence-corrected chi connectivity index (χ1v) is 5.76. The maximum absolute atomic E-state index is 11.1. The van der Waals surface area contributed by atoms with Gasteiger partial charge in [-0.2, -0.15) is 0 Å². The van der Waals surface area contributed by atoms with Crippen LogP contribution in [0.2, 0.25) is 5.02 Å². The van der Waals surface area contributed by atoms with Gasteiger partial charge in [-0.05, 0) is 36.6 Å². The van der Waals surface area contributed by atoms with Crippen molar-refractivity contribution in [3.05, 3.63) is 34.3 Å². The van der Waals surface area contributed by atoms with Gasteiger partial charge in [0.25, 0.3) is 0 Å². The Morgan fingerprint density at radius 2 is 2.25 bits per heavy atom. The fraction of sp³-hybridized carbons (Fsp3) is 0.417. The number of nitrogens with zero attached hydrogens (tertiary/aromatic N) is 1. The molecule has 0 radical (unpaired) electrons. The van der Waals surface area contributed by atoms with Crippen LogP contribution in [0.3, 0.4) is 0 Å². The van der Waals surface area contributed by atoms with E-state index in [4.69, 9.17) is 17.3 Å². The molecule has 1 aromatic rings. The van der Waals surface area contributed by atoms with Crippen molar-refractivity contribution in [2.75, 3.05) is 6.54 Å². The largest absolute Gasteiger partial charge is 0.368 e. The van der Waals surface area contributed by atoms with Crippen molar-refractivity contribution in [2.45, 2.75) is 25.9 Å². The minimum Gasteiger partial charge on any atom is -0.368 e. The molecule has 0 bridgehead atoms. The molecule has 16 heavy (non-hydrogen) atoms. The van der Waals surface area contributed by atoms with Crippen molar-refractivity contribution in [3.8, 4) is 0 Å². The molecule has 0 saturated carbocycles. The maximum Gasteiger partial charge on any atom is 0.234 e. The van der Waals surface area contributed by atoms with E-state index in [2.05, 4.69) is 11.0 Å². The van der Waals surface area contributed by atoms with Gasteiger partial charge in [0.2, 0.25) is 5.91 Å². The van der Waals surface area contributed by atoms with E-state index < -0.39 is 0 Å². The summed E-state index contributed by atoms with van der Waals surface area (Å²) in [5.74, 6) is -0.273. The van der Waals surface area contributed by atoms with Gasteiger partial charge in [0.1, 0.15) is 0 Å². The molecule has 2 rings (SSSR count). The standard InChI is InChI=1S/C12H15ClN2O/c1-8(12(14)16)15-5-4-9-2-3-11(13)6-10(9)7-15/h2-3,6,8H,4-5,7H2,1H3,(H2,14,16)/t8-/m0/s1. The predicted octanol–water partition coefficient (Wildman–Crippen LogP) is 1.57. The lowest BCUT2D eigenvalue weighted by Crippen LogP contribution is -2.45. The minimum atomic E-state index is -0.273. The van der Waals surface area contributed by atoms with Gasteiger partial charge in [-0.25, -0.2) is 0 Å². The lowest BCUT2D eigenvalue weighted by atomic mass is 9.99. The van der Waals surface area contributed by atoms with E-state index in [1.165, 1.54) is 11.1 Å². The average molecular weight is 239 g/mol. The normalized spacial score (nSPS) is 17.9. The summed E-state index contributed by atoms with van der Waals surface area (Å²) in [4.78, 5) is 13.2. The Balaban J connectivity index is 2.19. The Morgan fingerprint density at radius 3 is 2.94 bits per heavy atom. The molecule has 4 heteroatoms. The third-order valence-corrected chi connectivity index (χ3v) is 3.40. The molecule has 3 nitrogen and oxygen atoms in total. The van der Waals surface area contributed by atoms with E-state index in [-0.39, 0.29) is 11.9 Å². The summed E-state index contributed by atoms with van der Waals surface area (Å²) in [5, 5.41) is 0.743. The lowest BCUT2D eigenvalue weighted by molar-refractivity contribution is -0.123. The zero-order valence-electron chi connectivity index (χ0n) is 9.24. The second-order valence-electron chi connectivity index (χ2n) is 4.21. The Bertz CT molecular complexity index is 419. The molecule has 1 aliphatic rings. The van der Waals surface area contributed by atoms with Crippen LogP contribution in [-0.2, 0) is 17.8 Å². The quantitative estimate of drug-likeness (QED) is 0.850. The van der Waals surface area contributed by atoms with E-state index in [1.807, 2.05) is 19.1 Å². The highest BCUT2D eigenvalue weighted by Gasteiger charge is 2.23. The monoisotopic (exact) mass is 238 g/mol. The van der Waals surface area contributed by atoms with Gasteiger partial charge in [0.05, 0.1) is 6.04 Å². The summed E-state index contributed by atoms with van der Waals surface area (Å²) in [7, 11) is 0. The average Bonchev–Trinajstić information content (AvgIpc) is 2.26. The summed E-state index contributed by atoms with van der Waals surface area (Å²) >= 11 is 5.96. The third kappa shape index (κ3) is 2.20. The van der Waals surface area contributed by atoms with E-state index >= 15 is 0 Å². The van der Waals surface area contributed by atoms with Gasteiger partial charge in [0, 0.05) is 18.1 Å². The first-order valence-electron chi connectivity index (χ1n) is 5.38.